The van der Waals surface area contributed by atoms with Crippen LogP contribution in [0.25, 0.3) is 0 Å². The van der Waals surface area contributed by atoms with Crippen LogP contribution in [-0.4, -0.2) is 29.1 Å². The Morgan fingerprint density at radius 3 is 2.67 bits per heavy atom. The predicted octanol–water partition coefficient (Wildman–Crippen LogP) is 0.506. The van der Waals surface area contributed by atoms with Crippen molar-refractivity contribution < 1.29 is 15.0 Å². The molecule has 0 aromatic heterocycles. The van der Waals surface area contributed by atoms with Crippen LogP contribution in [0.3, 0.4) is 0 Å². The third-order valence-electron chi connectivity index (χ3n) is 2.08. The highest BCUT2D eigenvalue weighted by molar-refractivity contribution is 6.31. The van der Waals surface area contributed by atoms with Gasteiger partial charge in [0.1, 0.15) is 12.4 Å². The zero-order valence-corrected chi connectivity index (χ0v) is 8.69. The second kappa shape index (κ2) is 5.23. The molecular weight excluding hydrogens is 218 g/mol. The second-order valence-electron chi connectivity index (χ2n) is 3.15. The quantitative estimate of drug-likeness (QED) is 0.657. The molecule has 2 unspecified atom stereocenters. The van der Waals surface area contributed by atoms with Gasteiger partial charge in [0.2, 0.25) is 0 Å². The summed E-state index contributed by atoms with van der Waals surface area (Å²) in [5.74, 6) is 0. The molecule has 5 heteroatoms. The van der Waals surface area contributed by atoms with Crippen molar-refractivity contribution >= 4 is 17.9 Å². The fourth-order valence-corrected chi connectivity index (χ4v) is 1.43. The molecule has 0 spiro atoms. The minimum atomic E-state index is -1.18. The number of rotatable bonds is 4. The van der Waals surface area contributed by atoms with E-state index >= 15 is 0 Å². The lowest BCUT2D eigenvalue weighted by Gasteiger charge is -2.17. The van der Waals surface area contributed by atoms with Gasteiger partial charge in [-0.3, -0.25) is 4.79 Å². The van der Waals surface area contributed by atoms with Crippen molar-refractivity contribution in [2.24, 2.45) is 5.73 Å². The lowest BCUT2D eigenvalue weighted by Crippen LogP contribution is -2.27. The van der Waals surface area contributed by atoms with Crippen molar-refractivity contribution in [1.82, 2.24) is 0 Å². The summed E-state index contributed by atoms with van der Waals surface area (Å²) in [4.78, 5) is 10.5. The predicted molar refractivity (Wildman–Crippen MR) is 56.9 cm³/mol. The van der Waals surface area contributed by atoms with E-state index in [0.717, 1.165) is 0 Å². The van der Waals surface area contributed by atoms with E-state index in [9.17, 15) is 15.0 Å². The van der Waals surface area contributed by atoms with Gasteiger partial charge in [0, 0.05) is 22.7 Å². The number of aliphatic hydroxyl groups is 2. The van der Waals surface area contributed by atoms with E-state index in [-0.39, 0.29) is 6.54 Å². The van der Waals surface area contributed by atoms with Crippen LogP contribution < -0.4 is 5.73 Å². The van der Waals surface area contributed by atoms with Crippen LogP contribution in [-0.2, 0) is 0 Å². The second-order valence-corrected chi connectivity index (χ2v) is 3.55. The number of hydrogen-bond acceptors (Lipinski definition) is 4. The van der Waals surface area contributed by atoms with Gasteiger partial charge in [-0.2, -0.15) is 0 Å². The minimum Gasteiger partial charge on any atom is -0.389 e. The largest absolute Gasteiger partial charge is 0.389 e. The molecule has 0 saturated heterocycles. The fraction of sp³-hybridized carbons (Fsp3) is 0.300. The molecule has 0 fully saturated rings. The van der Waals surface area contributed by atoms with E-state index in [2.05, 4.69) is 0 Å². The summed E-state index contributed by atoms with van der Waals surface area (Å²) >= 11 is 5.82. The normalized spacial score (nSPS) is 14.7. The summed E-state index contributed by atoms with van der Waals surface area (Å²) in [7, 11) is 0. The zero-order chi connectivity index (χ0) is 11.4. The highest BCUT2D eigenvalue weighted by Crippen LogP contribution is 2.25. The number of benzene rings is 1. The number of halogens is 1. The van der Waals surface area contributed by atoms with Crippen molar-refractivity contribution in [3.05, 3.63) is 34.3 Å². The van der Waals surface area contributed by atoms with Gasteiger partial charge in [0.15, 0.2) is 0 Å². The first-order chi connectivity index (χ1) is 7.10. The van der Waals surface area contributed by atoms with Crippen molar-refractivity contribution in [1.29, 1.82) is 0 Å². The van der Waals surface area contributed by atoms with Gasteiger partial charge in [0.25, 0.3) is 0 Å². The van der Waals surface area contributed by atoms with Crippen molar-refractivity contribution in [2.45, 2.75) is 12.2 Å². The molecule has 82 valence electrons. The summed E-state index contributed by atoms with van der Waals surface area (Å²) in [6.07, 6.45) is -1.63. The SMILES string of the molecule is NCC(O)C(O)c1cc(C=O)ccc1Cl. The van der Waals surface area contributed by atoms with Crippen molar-refractivity contribution in [3.63, 3.8) is 0 Å². The van der Waals surface area contributed by atoms with Crippen LogP contribution in [0.2, 0.25) is 5.02 Å². The molecule has 2 atom stereocenters. The fourth-order valence-electron chi connectivity index (χ4n) is 1.20. The van der Waals surface area contributed by atoms with Crippen LogP contribution in [0.1, 0.15) is 22.0 Å². The molecule has 1 rings (SSSR count). The average Bonchev–Trinajstić information content (AvgIpc) is 2.27. The van der Waals surface area contributed by atoms with Gasteiger partial charge in [-0.25, -0.2) is 0 Å². The van der Waals surface area contributed by atoms with E-state index < -0.39 is 12.2 Å². The van der Waals surface area contributed by atoms with Crippen LogP contribution in [0.5, 0.6) is 0 Å². The molecule has 0 heterocycles. The standard InChI is InChI=1S/C10H12ClNO3/c11-8-2-1-6(5-13)3-7(8)10(15)9(14)4-12/h1-3,5,9-10,14-15H,4,12H2. The number of hydrogen-bond donors (Lipinski definition) is 3. The van der Waals surface area contributed by atoms with E-state index in [1.54, 1.807) is 0 Å². The molecule has 0 bridgehead atoms. The maximum atomic E-state index is 10.5. The first-order valence-corrected chi connectivity index (χ1v) is 4.78. The summed E-state index contributed by atoms with van der Waals surface area (Å²) in [5.41, 5.74) is 5.90. The molecule has 4 N–H and O–H groups in total. The van der Waals surface area contributed by atoms with E-state index in [0.29, 0.717) is 22.4 Å². The molecule has 0 amide bonds. The molecule has 4 nitrogen and oxygen atoms in total. The highest BCUT2D eigenvalue weighted by atomic mass is 35.5. The Morgan fingerprint density at radius 1 is 1.47 bits per heavy atom. The number of nitrogens with two attached hydrogens (primary N) is 1. The van der Waals surface area contributed by atoms with Crippen molar-refractivity contribution in [2.75, 3.05) is 6.54 Å². The van der Waals surface area contributed by atoms with Gasteiger partial charge >= 0.3 is 0 Å². The number of aliphatic hydroxyl groups excluding tert-OH is 2. The first-order valence-electron chi connectivity index (χ1n) is 4.41. The molecule has 0 aliphatic rings. The first kappa shape index (κ1) is 12.1. The van der Waals surface area contributed by atoms with E-state index in [1.165, 1.54) is 18.2 Å². The topological polar surface area (TPSA) is 83.6 Å². The van der Waals surface area contributed by atoms with Gasteiger partial charge < -0.3 is 15.9 Å². The van der Waals surface area contributed by atoms with Crippen LogP contribution >= 0.6 is 11.6 Å². The Kier molecular flexibility index (Phi) is 4.23. The lowest BCUT2D eigenvalue weighted by atomic mass is 10.0. The number of carbonyl (C=O) groups is 1. The Morgan fingerprint density at radius 2 is 2.13 bits per heavy atom. The van der Waals surface area contributed by atoms with Crippen LogP contribution in [0, 0.1) is 0 Å². The van der Waals surface area contributed by atoms with Crippen LogP contribution in [0.4, 0.5) is 0 Å². The van der Waals surface area contributed by atoms with Gasteiger partial charge in [0.05, 0.1) is 6.10 Å². The minimum absolute atomic E-state index is 0.0805. The smallest absolute Gasteiger partial charge is 0.150 e. The maximum absolute atomic E-state index is 10.5. The Labute approximate surface area is 92.3 Å². The summed E-state index contributed by atoms with van der Waals surface area (Å²) in [5, 5.41) is 19.3. The molecular formula is C10H12ClNO3. The third-order valence-corrected chi connectivity index (χ3v) is 2.42. The summed E-state index contributed by atoms with van der Waals surface area (Å²) in [6, 6.07) is 4.45. The molecule has 1 aromatic carbocycles. The molecule has 0 aliphatic heterocycles. The summed E-state index contributed by atoms with van der Waals surface area (Å²) < 4.78 is 0. The monoisotopic (exact) mass is 229 g/mol. The van der Waals surface area contributed by atoms with Gasteiger partial charge in [-0.1, -0.05) is 17.7 Å². The Bertz CT molecular complexity index is 357. The Hall–Kier alpha value is -0.940. The molecule has 0 radical (unpaired) electrons. The summed E-state index contributed by atoms with van der Waals surface area (Å²) in [6.45, 7) is -0.0805. The highest BCUT2D eigenvalue weighted by Gasteiger charge is 2.19. The third kappa shape index (κ3) is 2.76. The van der Waals surface area contributed by atoms with E-state index in [1.807, 2.05) is 0 Å². The van der Waals surface area contributed by atoms with E-state index in [4.69, 9.17) is 17.3 Å². The molecule has 0 aliphatic carbocycles. The van der Waals surface area contributed by atoms with Gasteiger partial charge in [-0.05, 0) is 12.1 Å². The number of aldehydes is 1. The maximum Gasteiger partial charge on any atom is 0.150 e. The van der Waals surface area contributed by atoms with Gasteiger partial charge in [-0.15, -0.1) is 0 Å². The molecule has 15 heavy (non-hydrogen) atoms. The van der Waals surface area contributed by atoms with Crippen molar-refractivity contribution in [3.8, 4) is 0 Å². The zero-order valence-electron chi connectivity index (χ0n) is 7.93. The average molecular weight is 230 g/mol. The molecule has 0 saturated carbocycles. The van der Waals surface area contributed by atoms with Crippen LogP contribution in [0.15, 0.2) is 18.2 Å². The number of carbonyl (C=O) groups excluding carboxylic acids is 1. The molecule has 1 aromatic rings. The lowest BCUT2D eigenvalue weighted by molar-refractivity contribution is 0.0244. The Balaban J connectivity index is 3.06.